The van der Waals surface area contributed by atoms with Crippen molar-refractivity contribution in [2.45, 2.75) is 23.8 Å². The Morgan fingerprint density at radius 1 is 1.15 bits per heavy atom. The van der Waals surface area contributed by atoms with Crippen LogP contribution in [-0.4, -0.2) is 31.3 Å². The molecule has 1 heterocycles. The van der Waals surface area contributed by atoms with Gasteiger partial charge < -0.3 is 4.74 Å². The summed E-state index contributed by atoms with van der Waals surface area (Å²) in [7, 11) is -1.91. The minimum Gasteiger partial charge on any atom is -0.494 e. The lowest BCUT2D eigenvalue weighted by atomic mass is 10.0. The molecule has 1 aromatic heterocycles. The third kappa shape index (κ3) is 3.23. The maximum Gasteiger partial charge on any atom is 0.240 e. The van der Waals surface area contributed by atoms with Crippen LogP contribution in [0, 0.1) is 0 Å². The SMILES string of the molecule is COc1c(-c2cccc(S(=O)(=O)NC3CC3)c2)cccc1-n1cccn1. The fourth-order valence-corrected chi connectivity index (χ4v) is 4.23. The molecule has 1 fully saturated rings. The van der Waals surface area contributed by atoms with Gasteiger partial charge in [0.2, 0.25) is 10.0 Å². The van der Waals surface area contributed by atoms with Gasteiger partial charge in [-0.3, -0.25) is 0 Å². The average molecular weight is 369 g/mol. The molecule has 2 aromatic carbocycles. The van der Waals surface area contributed by atoms with Gasteiger partial charge >= 0.3 is 0 Å². The van der Waals surface area contributed by atoms with Crippen LogP contribution in [0.25, 0.3) is 16.8 Å². The van der Waals surface area contributed by atoms with E-state index in [4.69, 9.17) is 4.74 Å². The summed E-state index contributed by atoms with van der Waals surface area (Å²) in [5.41, 5.74) is 2.37. The highest BCUT2D eigenvalue weighted by atomic mass is 32.2. The zero-order valence-electron chi connectivity index (χ0n) is 14.3. The molecule has 1 aliphatic carbocycles. The molecule has 3 aromatic rings. The number of para-hydroxylation sites is 1. The summed E-state index contributed by atoms with van der Waals surface area (Å²) in [6.07, 6.45) is 5.34. The van der Waals surface area contributed by atoms with Crippen LogP contribution in [0.3, 0.4) is 0 Å². The molecule has 1 N–H and O–H groups in total. The van der Waals surface area contributed by atoms with Crippen LogP contribution in [0.5, 0.6) is 5.75 Å². The Labute approximate surface area is 152 Å². The van der Waals surface area contributed by atoms with Gasteiger partial charge in [0.05, 0.1) is 12.0 Å². The highest BCUT2D eigenvalue weighted by Crippen LogP contribution is 2.36. The summed E-state index contributed by atoms with van der Waals surface area (Å²) in [5, 5.41) is 4.26. The molecule has 1 saturated carbocycles. The van der Waals surface area contributed by atoms with Crippen molar-refractivity contribution < 1.29 is 13.2 Å². The van der Waals surface area contributed by atoms with Gasteiger partial charge in [-0.15, -0.1) is 0 Å². The second-order valence-corrected chi connectivity index (χ2v) is 7.95. The first-order chi connectivity index (χ1) is 12.6. The van der Waals surface area contributed by atoms with Crippen LogP contribution in [0.15, 0.2) is 65.8 Å². The van der Waals surface area contributed by atoms with E-state index in [0.29, 0.717) is 5.75 Å². The highest BCUT2D eigenvalue weighted by molar-refractivity contribution is 7.89. The third-order valence-electron chi connectivity index (χ3n) is 4.30. The first-order valence-corrected chi connectivity index (χ1v) is 9.86. The number of rotatable bonds is 6. The Bertz CT molecular complexity index is 1030. The Balaban J connectivity index is 1.79. The van der Waals surface area contributed by atoms with Gasteiger partial charge in [-0.2, -0.15) is 5.10 Å². The van der Waals surface area contributed by atoms with E-state index in [2.05, 4.69) is 9.82 Å². The molecule has 0 bridgehead atoms. The van der Waals surface area contributed by atoms with Crippen LogP contribution in [0.1, 0.15) is 12.8 Å². The number of sulfonamides is 1. The van der Waals surface area contributed by atoms with E-state index in [9.17, 15) is 8.42 Å². The molecule has 0 radical (unpaired) electrons. The number of methoxy groups -OCH3 is 1. The van der Waals surface area contributed by atoms with Crippen molar-refractivity contribution in [3.63, 3.8) is 0 Å². The van der Waals surface area contributed by atoms with Gasteiger partial charge in [-0.25, -0.2) is 17.8 Å². The van der Waals surface area contributed by atoms with Gasteiger partial charge in [-0.05, 0) is 42.7 Å². The Hall–Kier alpha value is -2.64. The van der Waals surface area contributed by atoms with E-state index in [1.807, 2.05) is 36.5 Å². The zero-order valence-corrected chi connectivity index (χ0v) is 15.1. The van der Waals surface area contributed by atoms with Crippen LogP contribution >= 0.6 is 0 Å². The van der Waals surface area contributed by atoms with Crippen molar-refractivity contribution in [3.8, 4) is 22.6 Å². The minimum absolute atomic E-state index is 0.0707. The van der Waals surface area contributed by atoms with E-state index in [0.717, 1.165) is 29.7 Å². The second kappa shape index (κ2) is 6.59. The van der Waals surface area contributed by atoms with Gasteiger partial charge in [0.25, 0.3) is 0 Å². The molecule has 0 saturated heterocycles. The van der Waals surface area contributed by atoms with Crippen LogP contribution in [-0.2, 0) is 10.0 Å². The second-order valence-electron chi connectivity index (χ2n) is 6.23. The Morgan fingerprint density at radius 3 is 2.65 bits per heavy atom. The number of nitrogens with one attached hydrogen (secondary N) is 1. The van der Waals surface area contributed by atoms with E-state index in [1.54, 1.807) is 36.2 Å². The van der Waals surface area contributed by atoms with Gasteiger partial charge in [0.1, 0.15) is 5.69 Å². The van der Waals surface area contributed by atoms with Crippen molar-refractivity contribution in [2.24, 2.45) is 0 Å². The van der Waals surface area contributed by atoms with Crippen molar-refractivity contribution in [1.82, 2.24) is 14.5 Å². The monoisotopic (exact) mass is 369 g/mol. The van der Waals surface area contributed by atoms with E-state index in [1.165, 1.54) is 0 Å². The Kier molecular flexibility index (Phi) is 4.26. The molecular formula is C19H19N3O3S. The predicted octanol–water partition coefficient (Wildman–Crippen LogP) is 2.99. The molecule has 7 heteroatoms. The van der Waals surface area contributed by atoms with Crippen LogP contribution in [0.2, 0.25) is 0 Å². The molecule has 134 valence electrons. The van der Waals surface area contributed by atoms with E-state index in [-0.39, 0.29) is 10.9 Å². The van der Waals surface area contributed by atoms with Crippen LogP contribution in [0.4, 0.5) is 0 Å². The summed E-state index contributed by atoms with van der Waals surface area (Å²) in [4.78, 5) is 0.258. The van der Waals surface area contributed by atoms with Gasteiger partial charge in [-0.1, -0.05) is 24.3 Å². The third-order valence-corrected chi connectivity index (χ3v) is 5.82. The number of nitrogens with zero attached hydrogens (tertiary/aromatic N) is 2. The summed E-state index contributed by atoms with van der Waals surface area (Å²) >= 11 is 0. The quantitative estimate of drug-likeness (QED) is 0.725. The molecule has 0 aliphatic heterocycles. The van der Waals surface area contributed by atoms with Crippen molar-refractivity contribution >= 4 is 10.0 Å². The molecular weight excluding hydrogens is 350 g/mol. The van der Waals surface area contributed by atoms with Gasteiger partial charge in [0.15, 0.2) is 5.75 Å². The lowest BCUT2D eigenvalue weighted by Crippen LogP contribution is -2.25. The highest BCUT2D eigenvalue weighted by Gasteiger charge is 2.28. The number of hydrogen-bond donors (Lipinski definition) is 1. The normalized spacial score (nSPS) is 14.3. The minimum atomic E-state index is -3.51. The van der Waals surface area contributed by atoms with Crippen molar-refractivity contribution in [1.29, 1.82) is 0 Å². The molecule has 26 heavy (non-hydrogen) atoms. The van der Waals surface area contributed by atoms with Crippen molar-refractivity contribution in [3.05, 3.63) is 60.9 Å². The number of benzene rings is 2. The number of hydrogen-bond acceptors (Lipinski definition) is 4. The fraction of sp³-hybridized carbons (Fsp3) is 0.211. The summed E-state index contributed by atoms with van der Waals surface area (Å²) in [6.45, 7) is 0. The molecule has 0 amide bonds. The number of aromatic nitrogens is 2. The topological polar surface area (TPSA) is 73.2 Å². The summed E-state index contributed by atoms with van der Waals surface area (Å²) in [5.74, 6) is 0.640. The first kappa shape index (κ1) is 16.8. The maximum atomic E-state index is 12.5. The molecule has 0 atom stereocenters. The summed E-state index contributed by atoms with van der Waals surface area (Å²) in [6, 6.07) is 14.5. The standard InChI is InChI=1S/C19H19N3O3S/c1-25-19-17(7-3-8-18(19)22-12-4-11-20-22)14-5-2-6-16(13-14)26(23,24)21-15-9-10-15/h2-8,11-13,15,21H,9-10H2,1H3. The largest absolute Gasteiger partial charge is 0.494 e. The summed E-state index contributed by atoms with van der Waals surface area (Å²) < 4.78 is 35.1. The maximum absolute atomic E-state index is 12.5. The molecule has 0 unspecified atom stereocenters. The van der Waals surface area contributed by atoms with Crippen molar-refractivity contribution in [2.75, 3.05) is 7.11 Å². The lowest BCUT2D eigenvalue weighted by Gasteiger charge is -2.14. The molecule has 1 aliphatic rings. The molecule has 4 rings (SSSR count). The molecule has 0 spiro atoms. The van der Waals surface area contributed by atoms with Crippen LogP contribution < -0.4 is 9.46 Å². The first-order valence-electron chi connectivity index (χ1n) is 8.38. The van der Waals surface area contributed by atoms with E-state index < -0.39 is 10.0 Å². The van der Waals surface area contributed by atoms with Gasteiger partial charge in [0, 0.05) is 24.0 Å². The fourth-order valence-electron chi connectivity index (χ4n) is 2.88. The Morgan fingerprint density at radius 2 is 1.96 bits per heavy atom. The average Bonchev–Trinajstić information content (AvgIpc) is 3.28. The smallest absolute Gasteiger partial charge is 0.240 e. The molecule has 6 nitrogen and oxygen atoms in total. The zero-order chi connectivity index (χ0) is 18.1. The van der Waals surface area contributed by atoms with E-state index >= 15 is 0 Å². The predicted molar refractivity (Wildman–Crippen MR) is 98.9 cm³/mol. The lowest BCUT2D eigenvalue weighted by molar-refractivity contribution is 0.413. The number of ether oxygens (including phenoxy) is 1.